The van der Waals surface area contributed by atoms with Crippen LogP contribution >= 0.6 is 0 Å². The first-order chi connectivity index (χ1) is 16.6. The number of hydrogen-bond donors (Lipinski definition) is 3. The molecule has 3 unspecified atom stereocenters. The SMILES string of the molecule is CC(C)CC(NC(=O)CNC(=O)C(N)CCc1ccccc1)C(=O)C1(C)CO1.Cc1ccncc1. The van der Waals surface area contributed by atoms with Gasteiger partial charge in [-0.1, -0.05) is 44.2 Å². The topological polar surface area (TPSA) is 127 Å². The number of benzene rings is 1. The van der Waals surface area contributed by atoms with Gasteiger partial charge in [0.1, 0.15) is 5.60 Å². The fourth-order valence-electron chi connectivity index (χ4n) is 3.39. The zero-order valence-corrected chi connectivity index (χ0v) is 21.1. The van der Waals surface area contributed by atoms with Crippen LogP contribution in [0.5, 0.6) is 0 Å². The summed E-state index contributed by atoms with van der Waals surface area (Å²) in [5.41, 5.74) is 7.49. The number of Topliss-reactive ketones (excluding diaryl/α,β-unsaturated/α-hetero) is 1. The van der Waals surface area contributed by atoms with Gasteiger partial charge >= 0.3 is 0 Å². The highest BCUT2D eigenvalue weighted by molar-refractivity contribution is 5.97. The van der Waals surface area contributed by atoms with E-state index in [1.54, 1.807) is 19.3 Å². The molecule has 35 heavy (non-hydrogen) atoms. The predicted molar refractivity (Wildman–Crippen MR) is 135 cm³/mol. The van der Waals surface area contributed by atoms with Crippen molar-refractivity contribution in [3.8, 4) is 0 Å². The molecule has 2 heterocycles. The third-order valence-corrected chi connectivity index (χ3v) is 5.65. The van der Waals surface area contributed by atoms with Gasteiger partial charge in [0.2, 0.25) is 11.8 Å². The normalized spacial score (nSPS) is 18.0. The number of epoxide rings is 1. The summed E-state index contributed by atoms with van der Waals surface area (Å²) >= 11 is 0. The predicted octanol–water partition coefficient (Wildman–Crippen LogP) is 2.34. The molecule has 4 N–H and O–H groups in total. The van der Waals surface area contributed by atoms with Crippen LogP contribution in [0.15, 0.2) is 54.9 Å². The molecule has 0 radical (unpaired) electrons. The molecule has 0 spiro atoms. The molecule has 1 aliphatic rings. The molecule has 190 valence electrons. The number of carbonyl (C=O) groups excluding carboxylic acids is 3. The molecule has 2 amide bonds. The maximum atomic E-state index is 12.5. The number of nitrogens with one attached hydrogen (secondary N) is 2. The number of ether oxygens (including phenoxy) is 1. The highest BCUT2D eigenvalue weighted by atomic mass is 16.6. The Morgan fingerprint density at radius 1 is 1.11 bits per heavy atom. The monoisotopic (exact) mass is 482 g/mol. The summed E-state index contributed by atoms with van der Waals surface area (Å²) in [5, 5.41) is 5.27. The minimum Gasteiger partial charge on any atom is -0.361 e. The van der Waals surface area contributed by atoms with Crippen LogP contribution in [0.4, 0.5) is 0 Å². The summed E-state index contributed by atoms with van der Waals surface area (Å²) in [6, 6.07) is 12.4. The van der Waals surface area contributed by atoms with Crippen LogP contribution in [-0.2, 0) is 25.5 Å². The Morgan fingerprint density at radius 2 is 1.74 bits per heavy atom. The standard InChI is InChI=1S/C21H31N3O4.C6H7N/c1-14(2)11-17(19(26)21(3)13-28-21)24-18(25)12-23-20(27)16(22)10-9-15-7-5-4-6-8-15;1-6-2-4-7-5-3-6/h4-8,14,16-17H,9-13,22H2,1-3H3,(H,23,27)(H,24,25);2-5H,1H3. The van der Waals surface area contributed by atoms with E-state index >= 15 is 0 Å². The van der Waals surface area contributed by atoms with Gasteiger partial charge in [-0.2, -0.15) is 0 Å². The van der Waals surface area contributed by atoms with E-state index in [-0.39, 0.29) is 24.2 Å². The number of amides is 2. The molecule has 8 heteroatoms. The summed E-state index contributed by atoms with van der Waals surface area (Å²) in [6.45, 7) is 7.90. The van der Waals surface area contributed by atoms with Crippen LogP contribution in [0.1, 0.15) is 44.7 Å². The van der Waals surface area contributed by atoms with Crippen molar-refractivity contribution in [2.24, 2.45) is 11.7 Å². The maximum absolute atomic E-state index is 12.5. The van der Waals surface area contributed by atoms with E-state index < -0.39 is 23.6 Å². The summed E-state index contributed by atoms with van der Waals surface area (Å²) in [4.78, 5) is 40.7. The van der Waals surface area contributed by atoms with Crippen molar-refractivity contribution in [1.82, 2.24) is 15.6 Å². The molecule has 1 aromatic carbocycles. The Hall–Kier alpha value is -3.10. The number of nitrogens with two attached hydrogens (primary N) is 1. The van der Waals surface area contributed by atoms with E-state index in [4.69, 9.17) is 10.5 Å². The summed E-state index contributed by atoms with van der Waals surface area (Å²) in [5.74, 6) is -0.680. The summed E-state index contributed by atoms with van der Waals surface area (Å²) in [7, 11) is 0. The lowest BCUT2D eigenvalue weighted by Gasteiger charge is -2.21. The van der Waals surface area contributed by atoms with Gasteiger partial charge in [-0.25, -0.2) is 0 Å². The van der Waals surface area contributed by atoms with E-state index in [1.807, 2.05) is 63.2 Å². The Labute approximate surface area is 208 Å². The van der Waals surface area contributed by atoms with Gasteiger partial charge < -0.3 is 21.1 Å². The number of hydrogen-bond acceptors (Lipinski definition) is 6. The lowest BCUT2D eigenvalue weighted by Crippen LogP contribution is -2.51. The molecule has 0 bridgehead atoms. The van der Waals surface area contributed by atoms with Crippen molar-refractivity contribution in [1.29, 1.82) is 0 Å². The number of ketones is 1. The van der Waals surface area contributed by atoms with Gasteiger partial charge in [0.25, 0.3) is 0 Å². The molecular formula is C27H38N4O4. The molecule has 3 atom stereocenters. The fourth-order valence-corrected chi connectivity index (χ4v) is 3.39. The quantitative estimate of drug-likeness (QED) is 0.422. The first-order valence-electron chi connectivity index (χ1n) is 12.0. The average Bonchev–Trinajstić information content (AvgIpc) is 3.59. The number of rotatable bonds is 11. The molecule has 0 saturated carbocycles. The van der Waals surface area contributed by atoms with Gasteiger partial charge in [0, 0.05) is 12.4 Å². The highest BCUT2D eigenvalue weighted by Crippen LogP contribution is 2.29. The van der Waals surface area contributed by atoms with Crippen LogP contribution < -0.4 is 16.4 Å². The fraction of sp³-hybridized carbons (Fsp3) is 0.481. The van der Waals surface area contributed by atoms with Crippen molar-refractivity contribution in [3.63, 3.8) is 0 Å². The minimum atomic E-state index is -0.796. The molecular weight excluding hydrogens is 444 g/mol. The number of nitrogens with zero attached hydrogens (tertiary/aromatic N) is 1. The Morgan fingerprint density at radius 3 is 2.26 bits per heavy atom. The Kier molecular flexibility index (Phi) is 11.0. The minimum absolute atomic E-state index is 0.125. The summed E-state index contributed by atoms with van der Waals surface area (Å²) < 4.78 is 5.21. The number of aryl methyl sites for hydroxylation is 2. The van der Waals surface area contributed by atoms with Crippen molar-refractivity contribution in [3.05, 3.63) is 66.0 Å². The van der Waals surface area contributed by atoms with Gasteiger partial charge in [-0.05, 0) is 62.3 Å². The Bertz CT molecular complexity index is 946. The zero-order valence-electron chi connectivity index (χ0n) is 21.1. The van der Waals surface area contributed by atoms with E-state index in [1.165, 1.54) is 5.56 Å². The van der Waals surface area contributed by atoms with Crippen molar-refractivity contribution in [2.75, 3.05) is 13.2 Å². The van der Waals surface area contributed by atoms with E-state index in [0.29, 0.717) is 25.9 Å². The molecule has 1 aliphatic heterocycles. The molecule has 1 aromatic heterocycles. The molecule has 0 aliphatic carbocycles. The van der Waals surface area contributed by atoms with Gasteiger partial charge in [-0.15, -0.1) is 0 Å². The Balaban J connectivity index is 0.000000527. The zero-order chi connectivity index (χ0) is 25.8. The smallest absolute Gasteiger partial charge is 0.239 e. The first-order valence-corrected chi connectivity index (χ1v) is 12.0. The van der Waals surface area contributed by atoms with Gasteiger partial charge in [0.05, 0.1) is 25.2 Å². The molecule has 8 nitrogen and oxygen atoms in total. The number of pyridine rings is 1. The van der Waals surface area contributed by atoms with Crippen molar-refractivity contribution >= 4 is 17.6 Å². The highest BCUT2D eigenvalue weighted by Gasteiger charge is 2.50. The largest absolute Gasteiger partial charge is 0.361 e. The second kappa shape index (κ2) is 13.7. The third kappa shape index (κ3) is 10.4. The second-order valence-corrected chi connectivity index (χ2v) is 9.51. The van der Waals surface area contributed by atoms with Crippen LogP contribution in [0, 0.1) is 12.8 Å². The van der Waals surface area contributed by atoms with Crippen molar-refractivity contribution < 1.29 is 19.1 Å². The molecule has 2 aromatic rings. The lowest BCUT2D eigenvalue weighted by molar-refractivity contribution is -0.131. The molecule has 1 saturated heterocycles. The van der Waals surface area contributed by atoms with Crippen molar-refractivity contribution in [2.45, 2.75) is 64.6 Å². The number of aromatic nitrogens is 1. The van der Waals surface area contributed by atoms with Crippen LogP contribution in [0.25, 0.3) is 0 Å². The molecule has 3 rings (SSSR count). The second-order valence-electron chi connectivity index (χ2n) is 9.51. The third-order valence-electron chi connectivity index (χ3n) is 5.65. The van der Waals surface area contributed by atoms with Crippen LogP contribution in [0.2, 0.25) is 0 Å². The van der Waals surface area contributed by atoms with Gasteiger partial charge in [-0.3, -0.25) is 19.4 Å². The van der Waals surface area contributed by atoms with Gasteiger partial charge in [0.15, 0.2) is 5.78 Å². The maximum Gasteiger partial charge on any atom is 0.239 e. The first kappa shape index (κ1) is 28.1. The lowest BCUT2D eigenvalue weighted by atomic mass is 9.93. The molecule has 1 fully saturated rings. The number of carbonyl (C=O) groups is 3. The van der Waals surface area contributed by atoms with E-state index in [0.717, 1.165) is 5.56 Å². The van der Waals surface area contributed by atoms with E-state index in [2.05, 4.69) is 15.6 Å². The van der Waals surface area contributed by atoms with E-state index in [9.17, 15) is 14.4 Å². The van der Waals surface area contributed by atoms with Crippen LogP contribution in [-0.4, -0.2) is 53.4 Å². The van der Waals surface area contributed by atoms with Crippen LogP contribution in [0.3, 0.4) is 0 Å². The average molecular weight is 483 g/mol. The summed E-state index contributed by atoms with van der Waals surface area (Å²) in [6.07, 6.45) is 5.27.